The van der Waals surface area contributed by atoms with Crippen LogP contribution in [0.5, 0.6) is 0 Å². The first kappa shape index (κ1) is 13.8. The minimum atomic E-state index is -3.17. The zero-order valence-electron chi connectivity index (χ0n) is 9.30. The van der Waals surface area contributed by atoms with Crippen molar-refractivity contribution in [1.82, 2.24) is 9.71 Å². The van der Waals surface area contributed by atoms with Crippen molar-refractivity contribution in [3.05, 3.63) is 23.9 Å². The zero-order chi connectivity index (χ0) is 12.9. The van der Waals surface area contributed by atoms with Crippen molar-refractivity contribution in [1.29, 1.82) is 0 Å². The van der Waals surface area contributed by atoms with Crippen LogP contribution in [0.25, 0.3) is 0 Å². The number of sulfonamides is 1. The molecule has 0 radical (unpaired) electrons. The van der Waals surface area contributed by atoms with E-state index in [9.17, 15) is 8.42 Å². The summed E-state index contributed by atoms with van der Waals surface area (Å²) in [7, 11) is -3.17. The summed E-state index contributed by atoms with van der Waals surface area (Å²) < 4.78 is 24.0. The normalized spacial score (nSPS) is 11.1. The Morgan fingerprint density at radius 2 is 2.24 bits per heavy atom. The summed E-state index contributed by atoms with van der Waals surface area (Å²) in [6.45, 7) is 0.672. The summed E-state index contributed by atoms with van der Waals surface area (Å²) in [5, 5.41) is 2.96. The van der Waals surface area contributed by atoms with E-state index < -0.39 is 10.0 Å². The van der Waals surface area contributed by atoms with Crippen molar-refractivity contribution in [2.45, 2.75) is 0 Å². The van der Waals surface area contributed by atoms with Crippen LogP contribution in [-0.2, 0) is 10.0 Å². The summed E-state index contributed by atoms with van der Waals surface area (Å²) in [4.78, 5) is 4.33. The predicted molar refractivity (Wildman–Crippen MR) is 71.5 cm³/mol. The molecule has 17 heavy (non-hydrogen) atoms. The summed E-state index contributed by atoms with van der Waals surface area (Å²) in [5.74, 6) is 0.551. The van der Waals surface area contributed by atoms with Crippen LogP contribution in [0.3, 0.4) is 0 Å². The van der Waals surface area contributed by atoms with Gasteiger partial charge in [-0.1, -0.05) is 12.2 Å². The largest absolute Gasteiger partial charge is 0.389 e. The zero-order valence-corrected chi connectivity index (χ0v) is 10.9. The average molecular weight is 274 g/mol. The molecule has 0 bridgehead atoms. The topological polar surface area (TPSA) is 97.1 Å². The summed E-state index contributed by atoms with van der Waals surface area (Å²) in [6.07, 6.45) is 2.71. The molecule has 0 fully saturated rings. The first-order valence-electron chi connectivity index (χ1n) is 4.83. The minimum Gasteiger partial charge on any atom is -0.389 e. The van der Waals surface area contributed by atoms with E-state index in [-0.39, 0.29) is 11.5 Å². The van der Waals surface area contributed by atoms with Crippen molar-refractivity contribution < 1.29 is 8.42 Å². The number of aromatic nitrogens is 1. The van der Waals surface area contributed by atoms with Gasteiger partial charge in [-0.15, -0.1) is 0 Å². The second-order valence-corrected chi connectivity index (χ2v) is 5.63. The first-order chi connectivity index (χ1) is 7.90. The van der Waals surface area contributed by atoms with Crippen molar-refractivity contribution >= 4 is 33.0 Å². The molecule has 1 rings (SSSR count). The molecule has 1 aromatic rings. The van der Waals surface area contributed by atoms with Crippen LogP contribution in [0.15, 0.2) is 18.3 Å². The van der Waals surface area contributed by atoms with Crippen molar-refractivity contribution in [2.24, 2.45) is 5.73 Å². The fourth-order valence-corrected chi connectivity index (χ4v) is 1.80. The molecule has 0 unspecified atom stereocenters. The highest BCUT2D eigenvalue weighted by Crippen LogP contribution is 2.10. The molecule has 0 aliphatic rings. The van der Waals surface area contributed by atoms with Gasteiger partial charge in [0.25, 0.3) is 0 Å². The third-order valence-corrected chi connectivity index (χ3v) is 2.80. The second-order valence-electron chi connectivity index (χ2n) is 3.36. The number of anilines is 1. The van der Waals surface area contributed by atoms with Gasteiger partial charge >= 0.3 is 0 Å². The van der Waals surface area contributed by atoms with Crippen LogP contribution in [0.1, 0.15) is 5.56 Å². The Hall–Kier alpha value is -1.25. The maximum Gasteiger partial charge on any atom is 0.208 e. The first-order valence-corrected chi connectivity index (χ1v) is 7.13. The maximum absolute atomic E-state index is 10.8. The highest BCUT2D eigenvalue weighted by Gasteiger charge is 2.05. The van der Waals surface area contributed by atoms with Gasteiger partial charge in [0.15, 0.2) is 0 Å². The van der Waals surface area contributed by atoms with Crippen molar-refractivity contribution in [3.8, 4) is 0 Å². The molecule has 4 N–H and O–H groups in total. The third-order valence-electron chi connectivity index (χ3n) is 1.85. The molecule has 0 amide bonds. The fourth-order valence-electron chi connectivity index (χ4n) is 1.16. The van der Waals surface area contributed by atoms with E-state index >= 15 is 0 Å². The summed E-state index contributed by atoms with van der Waals surface area (Å²) in [5.41, 5.74) is 6.17. The van der Waals surface area contributed by atoms with Gasteiger partial charge in [-0.2, -0.15) is 0 Å². The summed E-state index contributed by atoms with van der Waals surface area (Å²) >= 11 is 4.87. The Morgan fingerprint density at radius 1 is 1.53 bits per heavy atom. The highest BCUT2D eigenvalue weighted by atomic mass is 32.2. The molecule has 0 aliphatic carbocycles. The molecular weight excluding hydrogens is 260 g/mol. The Bertz CT molecular complexity index is 501. The predicted octanol–water partition coefficient (Wildman–Crippen LogP) is -0.323. The van der Waals surface area contributed by atoms with E-state index in [4.69, 9.17) is 18.0 Å². The highest BCUT2D eigenvalue weighted by molar-refractivity contribution is 7.88. The molecule has 1 heterocycles. The van der Waals surface area contributed by atoms with Gasteiger partial charge in [0.2, 0.25) is 10.0 Å². The van der Waals surface area contributed by atoms with E-state index in [0.29, 0.717) is 17.9 Å². The number of hydrogen-bond acceptors (Lipinski definition) is 5. The molecule has 1 aromatic heterocycles. The smallest absolute Gasteiger partial charge is 0.208 e. The lowest BCUT2D eigenvalue weighted by molar-refractivity contribution is 0.589. The molecule has 0 saturated heterocycles. The molecule has 0 saturated carbocycles. The van der Waals surface area contributed by atoms with E-state index in [1.807, 2.05) is 0 Å². The molecule has 6 nitrogen and oxygen atoms in total. The number of nitrogens with two attached hydrogens (primary N) is 1. The second kappa shape index (κ2) is 5.89. The lowest BCUT2D eigenvalue weighted by Gasteiger charge is -2.09. The molecule has 8 heteroatoms. The van der Waals surface area contributed by atoms with Gasteiger partial charge in [-0.05, 0) is 12.1 Å². The Morgan fingerprint density at radius 3 is 2.82 bits per heavy atom. The number of nitrogens with one attached hydrogen (secondary N) is 2. The molecule has 0 atom stereocenters. The van der Waals surface area contributed by atoms with Crippen LogP contribution in [-0.4, -0.2) is 37.7 Å². The minimum absolute atomic E-state index is 0.247. The van der Waals surface area contributed by atoms with Gasteiger partial charge in [-0.3, -0.25) is 0 Å². The Balaban J connectivity index is 2.55. The lowest BCUT2D eigenvalue weighted by atomic mass is 10.2. The van der Waals surface area contributed by atoms with Gasteiger partial charge in [0.1, 0.15) is 10.8 Å². The van der Waals surface area contributed by atoms with Crippen molar-refractivity contribution in [3.63, 3.8) is 0 Å². The number of hydrogen-bond donors (Lipinski definition) is 3. The van der Waals surface area contributed by atoms with Crippen LogP contribution < -0.4 is 15.8 Å². The van der Waals surface area contributed by atoms with Crippen LogP contribution in [0, 0.1) is 0 Å². The SMILES string of the molecule is CS(=O)(=O)NCCNc1ncccc1C(N)=S. The third kappa shape index (κ3) is 5.07. The standard InChI is InChI=1S/C9H14N4O2S2/c1-17(14,15)13-6-5-12-9-7(8(10)16)3-2-4-11-9/h2-4,13H,5-6H2,1H3,(H2,10,16)(H,11,12). The number of pyridine rings is 1. The molecule has 0 aromatic carbocycles. The van der Waals surface area contributed by atoms with Gasteiger partial charge in [-0.25, -0.2) is 18.1 Å². The van der Waals surface area contributed by atoms with E-state index in [2.05, 4.69) is 15.0 Å². The van der Waals surface area contributed by atoms with Gasteiger partial charge < -0.3 is 11.1 Å². The number of thiocarbonyl (C=S) groups is 1. The maximum atomic E-state index is 10.8. The number of rotatable bonds is 6. The summed E-state index contributed by atoms with van der Waals surface area (Å²) in [6, 6.07) is 3.48. The van der Waals surface area contributed by atoms with Gasteiger partial charge in [0.05, 0.1) is 11.8 Å². The lowest BCUT2D eigenvalue weighted by Crippen LogP contribution is -2.28. The van der Waals surface area contributed by atoms with Crippen LogP contribution >= 0.6 is 12.2 Å². The Labute approximate surface area is 106 Å². The van der Waals surface area contributed by atoms with Crippen molar-refractivity contribution in [2.75, 3.05) is 24.7 Å². The molecular formula is C9H14N4O2S2. The van der Waals surface area contributed by atoms with Gasteiger partial charge in [0, 0.05) is 19.3 Å². The van der Waals surface area contributed by atoms with Crippen LogP contribution in [0.4, 0.5) is 5.82 Å². The van der Waals surface area contributed by atoms with E-state index in [1.165, 1.54) is 0 Å². The Kier molecular flexibility index (Phi) is 4.79. The molecule has 94 valence electrons. The van der Waals surface area contributed by atoms with Crippen LogP contribution in [0.2, 0.25) is 0 Å². The fraction of sp³-hybridized carbons (Fsp3) is 0.333. The molecule has 0 aliphatic heterocycles. The van der Waals surface area contributed by atoms with E-state index in [0.717, 1.165) is 6.26 Å². The monoisotopic (exact) mass is 274 g/mol. The van der Waals surface area contributed by atoms with E-state index in [1.54, 1.807) is 18.3 Å². The molecule has 0 spiro atoms. The number of nitrogens with zero attached hydrogens (tertiary/aromatic N) is 1. The average Bonchev–Trinajstić information content (AvgIpc) is 2.23. The quantitative estimate of drug-likeness (QED) is 0.486.